The molecular weight excluding hydrogens is 196 g/mol. The van der Waals surface area contributed by atoms with Crippen LogP contribution in [-0.4, -0.2) is 22.1 Å². The minimum atomic E-state index is -1.06. The van der Waals surface area contributed by atoms with Crippen LogP contribution in [0.4, 0.5) is 0 Å². The van der Waals surface area contributed by atoms with Crippen LogP contribution in [0.25, 0.3) is 11.1 Å². The first-order valence-corrected chi connectivity index (χ1v) is 4.49. The molecule has 0 aliphatic carbocycles. The molecular formula is C10H10N2O3. The number of hydrogen-bond donors (Lipinski definition) is 2. The van der Waals surface area contributed by atoms with E-state index < -0.39 is 12.0 Å². The fraction of sp³-hybridized carbons (Fsp3) is 0.200. The predicted octanol–water partition coefficient (Wildman–Crippen LogP) is 0.782. The van der Waals surface area contributed by atoms with Gasteiger partial charge in [0, 0.05) is 0 Å². The molecule has 0 aliphatic heterocycles. The van der Waals surface area contributed by atoms with Crippen molar-refractivity contribution < 1.29 is 14.3 Å². The molecule has 1 aromatic heterocycles. The van der Waals surface area contributed by atoms with E-state index in [0.29, 0.717) is 17.0 Å². The summed E-state index contributed by atoms with van der Waals surface area (Å²) >= 11 is 0. The van der Waals surface area contributed by atoms with Gasteiger partial charge in [0.25, 0.3) is 0 Å². The summed E-state index contributed by atoms with van der Waals surface area (Å²) in [5, 5.41) is 8.62. The summed E-state index contributed by atoms with van der Waals surface area (Å²) in [6, 6.07) is 6.27. The van der Waals surface area contributed by atoms with Crippen molar-refractivity contribution in [2.24, 2.45) is 5.73 Å². The Kier molecular flexibility index (Phi) is 2.39. The number of aliphatic carboxylic acids is 1. The fourth-order valence-electron chi connectivity index (χ4n) is 1.28. The second-order valence-electron chi connectivity index (χ2n) is 3.22. The Balaban J connectivity index is 2.26. The van der Waals surface area contributed by atoms with Crippen LogP contribution < -0.4 is 5.73 Å². The van der Waals surface area contributed by atoms with E-state index in [1.807, 2.05) is 12.1 Å². The molecule has 0 bridgehead atoms. The molecule has 78 valence electrons. The van der Waals surface area contributed by atoms with E-state index in [1.165, 1.54) is 0 Å². The SMILES string of the molecule is N[C@@H](Cc1nc2ccccc2o1)C(=O)O. The molecule has 0 amide bonds. The number of carboxylic acid groups (broad SMARTS) is 1. The van der Waals surface area contributed by atoms with Crippen molar-refractivity contribution in [3.8, 4) is 0 Å². The lowest BCUT2D eigenvalue weighted by Crippen LogP contribution is -2.32. The molecule has 0 fully saturated rings. The van der Waals surface area contributed by atoms with Crippen LogP contribution >= 0.6 is 0 Å². The van der Waals surface area contributed by atoms with E-state index in [4.69, 9.17) is 15.3 Å². The van der Waals surface area contributed by atoms with Gasteiger partial charge in [-0.2, -0.15) is 0 Å². The zero-order valence-electron chi connectivity index (χ0n) is 7.88. The van der Waals surface area contributed by atoms with Crippen molar-refractivity contribution in [1.82, 2.24) is 4.98 Å². The lowest BCUT2D eigenvalue weighted by atomic mass is 10.2. The van der Waals surface area contributed by atoms with Gasteiger partial charge in [0.05, 0.1) is 6.42 Å². The Morgan fingerprint density at radius 1 is 1.53 bits per heavy atom. The predicted molar refractivity (Wildman–Crippen MR) is 53.3 cm³/mol. The molecule has 1 atom stereocenters. The van der Waals surface area contributed by atoms with E-state index in [0.717, 1.165) is 0 Å². The average molecular weight is 206 g/mol. The molecule has 2 aromatic rings. The fourth-order valence-corrected chi connectivity index (χ4v) is 1.28. The maximum atomic E-state index is 10.5. The number of nitrogens with zero attached hydrogens (tertiary/aromatic N) is 1. The summed E-state index contributed by atoms with van der Waals surface area (Å²) in [6.07, 6.45) is 0.101. The highest BCUT2D eigenvalue weighted by Gasteiger charge is 2.15. The van der Waals surface area contributed by atoms with E-state index in [1.54, 1.807) is 12.1 Å². The van der Waals surface area contributed by atoms with Gasteiger partial charge < -0.3 is 15.3 Å². The zero-order chi connectivity index (χ0) is 10.8. The Morgan fingerprint density at radius 2 is 2.27 bits per heavy atom. The lowest BCUT2D eigenvalue weighted by molar-refractivity contribution is -0.138. The largest absolute Gasteiger partial charge is 0.480 e. The maximum absolute atomic E-state index is 10.5. The Morgan fingerprint density at radius 3 is 2.93 bits per heavy atom. The molecule has 0 saturated carbocycles. The van der Waals surface area contributed by atoms with Crippen molar-refractivity contribution >= 4 is 17.1 Å². The Hall–Kier alpha value is -1.88. The number of oxazole rings is 1. The summed E-state index contributed by atoms with van der Waals surface area (Å²) in [5.41, 5.74) is 6.73. The van der Waals surface area contributed by atoms with Crippen molar-refractivity contribution in [3.63, 3.8) is 0 Å². The van der Waals surface area contributed by atoms with Crippen LogP contribution in [0.15, 0.2) is 28.7 Å². The second-order valence-corrected chi connectivity index (χ2v) is 3.22. The smallest absolute Gasteiger partial charge is 0.321 e. The monoisotopic (exact) mass is 206 g/mol. The van der Waals surface area contributed by atoms with Gasteiger partial charge in [0.2, 0.25) is 0 Å². The van der Waals surface area contributed by atoms with Gasteiger partial charge in [-0.3, -0.25) is 4.79 Å². The minimum Gasteiger partial charge on any atom is -0.480 e. The van der Waals surface area contributed by atoms with Crippen molar-refractivity contribution in [2.75, 3.05) is 0 Å². The molecule has 0 aliphatic rings. The topological polar surface area (TPSA) is 89.4 Å². The van der Waals surface area contributed by atoms with Crippen LogP contribution in [0.1, 0.15) is 5.89 Å². The van der Waals surface area contributed by atoms with Crippen LogP contribution in [0, 0.1) is 0 Å². The van der Waals surface area contributed by atoms with E-state index in [9.17, 15) is 4.79 Å². The molecule has 0 radical (unpaired) electrons. The number of para-hydroxylation sites is 2. The highest BCUT2D eigenvalue weighted by atomic mass is 16.4. The highest BCUT2D eigenvalue weighted by Crippen LogP contribution is 2.15. The highest BCUT2D eigenvalue weighted by molar-refractivity contribution is 5.74. The first kappa shape index (κ1) is 9.67. The molecule has 0 unspecified atom stereocenters. The number of rotatable bonds is 3. The first-order chi connectivity index (χ1) is 7.16. The first-order valence-electron chi connectivity index (χ1n) is 4.49. The number of nitrogens with two attached hydrogens (primary N) is 1. The van der Waals surface area contributed by atoms with Gasteiger partial charge in [-0.15, -0.1) is 0 Å². The Labute approximate surface area is 85.5 Å². The summed E-state index contributed by atoms with van der Waals surface area (Å²) in [6.45, 7) is 0. The third kappa shape index (κ3) is 1.97. The van der Waals surface area contributed by atoms with Crippen molar-refractivity contribution in [3.05, 3.63) is 30.2 Å². The van der Waals surface area contributed by atoms with Crippen molar-refractivity contribution in [1.29, 1.82) is 0 Å². The molecule has 0 saturated heterocycles. The molecule has 3 N–H and O–H groups in total. The van der Waals surface area contributed by atoms with Gasteiger partial charge >= 0.3 is 5.97 Å². The maximum Gasteiger partial charge on any atom is 0.321 e. The number of hydrogen-bond acceptors (Lipinski definition) is 4. The molecule has 2 rings (SSSR count). The van der Waals surface area contributed by atoms with Crippen LogP contribution in [0.3, 0.4) is 0 Å². The average Bonchev–Trinajstić information content (AvgIpc) is 2.59. The van der Waals surface area contributed by atoms with Gasteiger partial charge in [0.1, 0.15) is 11.6 Å². The van der Waals surface area contributed by atoms with Crippen LogP contribution in [0.5, 0.6) is 0 Å². The molecule has 15 heavy (non-hydrogen) atoms. The van der Waals surface area contributed by atoms with Crippen LogP contribution in [-0.2, 0) is 11.2 Å². The van der Waals surface area contributed by atoms with Gasteiger partial charge in [-0.05, 0) is 12.1 Å². The second kappa shape index (κ2) is 3.70. The third-order valence-electron chi connectivity index (χ3n) is 2.05. The summed E-state index contributed by atoms with van der Waals surface area (Å²) in [7, 11) is 0. The van der Waals surface area contributed by atoms with Gasteiger partial charge in [0.15, 0.2) is 11.5 Å². The number of benzene rings is 1. The number of fused-ring (bicyclic) bond motifs is 1. The van der Waals surface area contributed by atoms with E-state index in [-0.39, 0.29) is 6.42 Å². The quantitative estimate of drug-likeness (QED) is 0.774. The standard InChI is InChI=1S/C10H10N2O3/c11-6(10(13)14)5-9-12-7-3-1-2-4-8(7)15-9/h1-4,6H,5,11H2,(H,13,14)/t6-/m0/s1. The van der Waals surface area contributed by atoms with Gasteiger partial charge in [-0.25, -0.2) is 4.98 Å². The minimum absolute atomic E-state index is 0.101. The third-order valence-corrected chi connectivity index (χ3v) is 2.05. The molecule has 5 heteroatoms. The lowest BCUT2D eigenvalue weighted by Gasteiger charge is -2.00. The van der Waals surface area contributed by atoms with Gasteiger partial charge in [-0.1, -0.05) is 12.1 Å². The zero-order valence-corrected chi connectivity index (χ0v) is 7.88. The summed E-state index contributed by atoms with van der Waals surface area (Å²) < 4.78 is 5.33. The normalized spacial score (nSPS) is 12.9. The van der Waals surface area contributed by atoms with Crippen LogP contribution in [0.2, 0.25) is 0 Å². The summed E-state index contributed by atoms with van der Waals surface area (Å²) in [5.74, 6) is -0.705. The number of carboxylic acids is 1. The summed E-state index contributed by atoms with van der Waals surface area (Å²) in [4.78, 5) is 14.6. The molecule has 1 aromatic carbocycles. The molecule has 0 spiro atoms. The Bertz CT molecular complexity index is 459. The van der Waals surface area contributed by atoms with Crippen molar-refractivity contribution in [2.45, 2.75) is 12.5 Å². The van der Waals surface area contributed by atoms with E-state index >= 15 is 0 Å². The number of carbonyl (C=O) groups is 1. The van der Waals surface area contributed by atoms with E-state index in [2.05, 4.69) is 4.98 Å². The molecule has 5 nitrogen and oxygen atoms in total. The molecule has 1 heterocycles. The number of aromatic nitrogens is 1.